The molecule has 0 amide bonds. The van der Waals surface area contributed by atoms with Crippen molar-refractivity contribution in [1.29, 1.82) is 0 Å². The van der Waals surface area contributed by atoms with Gasteiger partial charge in [-0.05, 0) is 49.5 Å². The van der Waals surface area contributed by atoms with Crippen LogP contribution >= 0.6 is 0 Å². The van der Waals surface area contributed by atoms with Gasteiger partial charge in [0.25, 0.3) is 0 Å². The van der Waals surface area contributed by atoms with Gasteiger partial charge in [-0.15, -0.1) is 0 Å². The number of hydrogen-bond acceptors (Lipinski definition) is 2. The maximum absolute atomic E-state index is 5.29. The van der Waals surface area contributed by atoms with Crippen molar-refractivity contribution in [2.45, 2.75) is 53.4 Å². The molecule has 18 heavy (non-hydrogen) atoms. The van der Waals surface area contributed by atoms with E-state index in [-0.39, 0.29) is 0 Å². The van der Waals surface area contributed by atoms with Gasteiger partial charge in [-0.2, -0.15) is 0 Å². The lowest BCUT2D eigenvalue weighted by molar-refractivity contribution is -0.0993. The molecule has 0 bridgehead atoms. The average molecular weight is 253 g/mol. The monoisotopic (exact) mass is 253 g/mol. The molecule has 1 aliphatic heterocycles. The quantitative estimate of drug-likeness (QED) is 0.828. The lowest BCUT2D eigenvalue weighted by atomic mass is 9.70. The van der Waals surface area contributed by atoms with Crippen LogP contribution in [0.2, 0.25) is 0 Å². The maximum Gasteiger partial charge on any atom is 0.0554 e. The van der Waals surface area contributed by atoms with Crippen molar-refractivity contribution in [2.24, 2.45) is 22.7 Å². The van der Waals surface area contributed by atoms with E-state index in [9.17, 15) is 0 Å². The van der Waals surface area contributed by atoms with Gasteiger partial charge in [0.15, 0.2) is 0 Å². The highest BCUT2D eigenvalue weighted by Crippen LogP contribution is 2.39. The Hall–Kier alpha value is -0.0800. The van der Waals surface area contributed by atoms with E-state index in [2.05, 4.69) is 33.0 Å². The maximum atomic E-state index is 5.29. The Morgan fingerprint density at radius 3 is 2.17 bits per heavy atom. The minimum atomic E-state index is 0.419. The molecule has 2 heteroatoms. The Kier molecular flexibility index (Phi) is 4.38. The third kappa shape index (κ3) is 3.71. The zero-order valence-corrected chi connectivity index (χ0v) is 12.7. The molecule has 1 heterocycles. The molecule has 1 saturated heterocycles. The van der Waals surface area contributed by atoms with Gasteiger partial charge >= 0.3 is 0 Å². The summed E-state index contributed by atoms with van der Waals surface area (Å²) in [5.41, 5.74) is 0.928. The fourth-order valence-electron chi connectivity index (χ4n) is 3.36. The smallest absolute Gasteiger partial charge is 0.0554 e. The molecule has 1 saturated carbocycles. The SMILES string of the molecule is CC1(CNCC2CCC(C(C)(C)C)CC2)COC1. The topological polar surface area (TPSA) is 21.3 Å². The Morgan fingerprint density at radius 1 is 1.11 bits per heavy atom. The Balaban J connectivity index is 1.62. The number of hydrogen-bond donors (Lipinski definition) is 1. The summed E-state index contributed by atoms with van der Waals surface area (Å²) >= 11 is 0. The first-order valence-electron chi connectivity index (χ1n) is 7.68. The average Bonchev–Trinajstić information content (AvgIpc) is 2.26. The molecule has 0 aromatic carbocycles. The first kappa shape index (κ1) is 14.3. The molecule has 106 valence electrons. The lowest BCUT2D eigenvalue weighted by Gasteiger charge is -2.40. The molecule has 0 spiro atoms. The highest BCUT2D eigenvalue weighted by molar-refractivity contribution is 4.85. The molecule has 0 unspecified atom stereocenters. The van der Waals surface area contributed by atoms with Crippen molar-refractivity contribution in [2.75, 3.05) is 26.3 Å². The van der Waals surface area contributed by atoms with Crippen LogP contribution in [0.5, 0.6) is 0 Å². The Bertz CT molecular complexity index is 257. The molecule has 1 aliphatic carbocycles. The van der Waals surface area contributed by atoms with Gasteiger partial charge in [0.1, 0.15) is 0 Å². The third-order valence-electron chi connectivity index (χ3n) is 4.96. The van der Waals surface area contributed by atoms with Crippen molar-refractivity contribution >= 4 is 0 Å². The first-order chi connectivity index (χ1) is 8.39. The van der Waals surface area contributed by atoms with Gasteiger partial charge in [-0.3, -0.25) is 0 Å². The molecule has 0 atom stereocenters. The summed E-state index contributed by atoms with van der Waals surface area (Å²) in [7, 11) is 0. The summed E-state index contributed by atoms with van der Waals surface area (Å²) in [5.74, 6) is 1.85. The van der Waals surface area contributed by atoms with E-state index in [1.54, 1.807) is 0 Å². The summed E-state index contributed by atoms with van der Waals surface area (Å²) in [5, 5.41) is 3.67. The van der Waals surface area contributed by atoms with Gasteiger partial charge in [0, 0.05) is 12.0 Å². The van der Waals surface area contributed by atoms with Gasteiger partial charge in [0.05, 0.1) is 13.2 Å². The van der Waals surface area contributed by atoms with Gasteiger partial charge < -0.3 is 10.1 Å². The van der Waals surface area contributed by atoms with Crippen molar-refractivity contribution < 1.29 is 4.74 Å². The van der Waals surface area contributed by atoms with E-state index in [4.69, 9.17) is 4.74 Å². The van der Waals surface area contributed by atoms with Crippen LogP contribution in [0.15, 0.2) is 0 Å². The predicted molar refractivity (Wildman–Crippen MR) is 76.7 cm³/mol. The fraction of sp³-hybridized carbons (Fsp3) is 1.00. The number of nitrogens with one attached hydrogen (secondary N) is 1. The summed E-state index contributed by atoms with van der Waals surface area (Å²) in [6, 6.07) is 0. The highest BCUT2D eigenvalue weighted by atomic mass is 16.5. The molecule has 0 aromatic heterocycles. The first-order valence-corrected chi connectivity index (χ1v) is 7.68. The van der Waals surface area contributed by atoms with Crippen LogP contribution in [0.3, 0.4) is 0 Å². The summed E-state index contributed by atoms with van der Waals surface area (Å²) in [6.07, 6.45) is 5.69. The van der Waals surface area contributed by atoms with Gasteiger partial charge in [-0.25, -0.2) is 0 Å². The Morgan fingerprint density at radius 2 is 1.72 bits per heavy atom. The summed E-state index contributed by atoms with van der Waals surface area (Å²) < 4.78 is 5.29. The van der Waals surface area contributed by atoms with Crippen molar-refractivity contribution in [3.63, 3.8) is 0 Å². The standard InChI is InChI=1S/C16H31NO/c1-15(2,3)14-7-5-13(6-8-14)9-17-10-16(4)11-18-12-16/h13-14,17H,5-12H2,1-4H3. The number of rotatable bonds is 4. The molecule has 2 nitrogen and oxygen atoms in total. The fourth-order valence-corrected chi connectivity index (χ4v) is 3.36. The zero-order valence-electron chi connectivity index (χ0n) is 12.7. The van der Waals surface area contributed by atoms with Crippen LogP contribution in [-0.4, -0.2) is 26.3 Å². The lowest BCUT2D eigenvalue weighted by Crippen LogP contribution is -2.48. The second-order valence-corrected chi connectivity index (χ2v) is 8.02. The predicted octanol–water partition coefficient (Wildman–Crippen LogP) is 3.47. The molecule has 0 radical (unpaired) electrons. The van der Waals surface area contributed by atoms with Crippen LogP contribution in [0, 0.1) is 22.7 Å². The number of ether oxygens (including phenoxy) is 1. The largest absolute Gasteiger partial charge is 0.380 e. The molecular weight excluding hydrogens is 222 g/mol. The zero-order chi connectivity index (χ0) is 13.2. The highest BCUT2D eigenvalue weighted by Gasteiger charge is 2.33. The van der Waals surface area contributed by atoms with E-state index >= 15 is 0 Å². The van der Waals surface area contributed by atoms with Crippen molar-refractivity contribution in [1.82, 2.24) is 5.32 Å². The van der Waals surface area contributed by atoms with Crippen LogP contribution in [0.25, 0.3) is 0 Å². The van der Waals surface area contributed by atoms with E-state index in [1.165, 1.54) is 32.2 Å². The minimum absolute atomic E-state index is 0.419. The van der Waals surface area contributed by atoms with Gasteiger partial charge in [-0.1, -0.05) is 27.7 Å². The van der Waals surface area contributed by atoms with Crippen molar-refractivity contribution in [3.05, 3.63) is 0 Å². The summed E-state index contributed by atoms with van der Waals surface area (Å²) in [6.45, 7) is 13.7. The second-order valence-electron chi connectivity index (χ2n) is 8.02. The second kappa shape index (κ2) is 5.50. The van der Waals surface area contributed by atoms with Crippen LogP contribution in [-0.2, 0) is 4.74 Å². The molecule has 0 aromatic rings. The van der Waals surface area contributed by atoms with Crippen molar-refractivity contribution in [3.8, 4) is 0 Å². The van der Waals surface area contributed by atoms with E-state index in [0.717, 1.165) is 31.6 Å². The van der Waals surface area contributed by atoms with Gasteiger partial charge in [0.2, 0.25) is 0 Å². The van der Waals surface area contributed by atoms with E-state index in [0.29, 0.717) is 10.8 Å². The Labute approximate surface area is 113 Å². The van der Waals surface area contributed by atoms with Crippen LogP contribution in [0.4, 0.5) is 0 Å². The third-order valence-corrected chi connectivity index (χ3v) is 4.96. The minimum Gasteiger partial charge on any atom is -0.380 e. The molecule has 2 fully saturated rings. The summed E-state index contributed by atoms with van der Waals surface area (Å²) in [4.78, 5) is 0. The normalized spacial score (nSPS) is 32.0. The molecular formula is C16H31NO. The molecule has 2 rings (SSSR count). The van der Waals surface area contributed by atoms with E-state index < -0.39 is 0 Å². The molecule has 2 aliphatic rings. The van der Waals surface area contributed by atoms with Crippen LogP contribution in [0.1, 0.15) is 53.4 Å². The van der Waals surface area contributed by atoms with E-state index in [1.807, 2.05) is 0 Å². The molecule has 1 N–H and O–H groups in total. The van der Waals surface area contributed by atoms with Crippen LogP contribution < -0.4 is 5.32 Å².